The van der Waals surface area contributed by atoms with Gasteiger partial charge in [0.2, 0.25) is 0 Å². The molecule has 0 radical (unpaired) electrons. The first-order valence-corrected chi connectivity index (χ1v) is 11.6. The van der Waals surface area contributed by atoms with Gasteiger partial charge in [0.15, 0.2) is 5.54 Å². The number of amidine groups is 1. The van der Waals surface area contributed by atoms with Crippen LogP contribution in [0.4, 0.5) is 0 Å². The molecule has 0 saturated carbocycles. The Morgan fingerprint density at radius 1 is 1.08 bits per heavy atom. The Kier molecular flexibility index (Phi) is 6.84. The van der Waals surface area contributed by atoms with Crippen LogP contribution in [0, 0.1) is 11.8 Å². The molecule has 4 rings (SSSR count). The maximum absolute atomic E-state index is 6.39. The molecule has 0 amide bonds. The highest BCUT2D eigenvalue weighted by atomic mass is 16.5. The average molecular weight is 476 g/mol. The van der Waals surface area contributed by atoms with E-state index in [0.717, 1.165) is 39.2 Å². The molecular weight excluding hydrogens is 446 g/mol. The number of benzene rings is 1. The van der Waals surface area contributed by atoms with Crippen molar-refractivity contribution in [2.24, 2.45) is 10.7 Å². The molecule has 1 aliphatic heterocycles. The Hall–Kier alpha value is -4.50. The number of nitrogens with zero attached hydrogens (tertiary/aromatic N) is 4. The van der Waals surface area contributed by atoms with Crippen molar-refractivity contribution in [3.8, 4) is 23.0 Å². The van der Waals surface area contributed by atoms with E-state index in [1.54, 1.807) is 25.7 Å². The summed E-state index contributed by atoms with van der Waals surface area (Å²) in [6, 6.07) is 10.1. The fourth-order valence-electron chi connectivity index (χ4n) is 4.61. The summed E-state index contributed by atoms with van der Waals surface area (Å²) in [7, 11) is 1.67. The lowest BCUT2D eigenvalue weighted by atomic mass is 9.79. The zero-order chi connectivity index (χ0) is 25.9. The molecule has 0 spiro atoms. The molecule has 0 fully saturated rings. The maximum atomic E-state index is 6.39. The molecule has 36 heavy (non-hydrogen) atoms. The Balaban J connectivity index is 1.93. The van der Waals surface area contributed by atoms with Crippen molar-refractivity contribution in [2.45, 2.75) is 33.2 Å². The van der Waals surface area contributed by atoms with E-state index in [2.05, 4.69) is 39.4 Å². The molecule has 0 saturated heterocycles. The lowest BCUT2D eigenvalue weighted by Crippen LogP contribution is -2.27. The molecule has 1 atom stereocenters. The van der Waals surface area contributed by atoms with E-state index < -0.39 is 5.54 Å². The van der Waals surface area contributed by atoms with Crippen LogP contribution >= 0.6 is 0 Å². The SMILES string of the molecule is C=C(C=C(C)C(OC)=C(C)C)C1(c2cccc(-c3cncc(C#CC)c3)c2)N=C(N)c2nccnc21. The van der Waals surface area contributed by atoms with E-state index in [-0.39, 0.29) is 0 Å². The van der Waals surface area contributed by atoms with Crippen molar-refractivity contribution in [1.29, 1.82) is 0 Å². The second-order valence-corrected chi connectivity index (χ2v) is 8.76. The van der Waals surface area contributed by atoms with Crippen molar-refractivity contribution in [3.63, 3.8) is 0 Å². The topological polar surface area (TPSA) is 86.3 Å². The third-order valence-corrected chi connectivity index (χ3v) is 6.06. The molecule has 1 aromatic carbocycles. The van der Waals surface area contributed by atoms with E-state index >= 15 is 0 Å². The number of ether oxygens (including phenoxy) is 1. The molecule has 2 aromatic heterocycles. The number of rotatable bonds is 6. The summed E-state index contributed by atoms with van der Waals surface area (Å²) in [4.78, 5) is 18.5. The molecule has 3 aromatic rings. The van der Waals surface area contributed by atoms with Gasteiger partial charge < -0.3 is 10.5 Å². The second kappa shape index (κ2) is 10.0. The summed E-state index contributed by atoms with van der Waals surface area (Å²) >= 11 is 0. The quantitative estimate of drug-likeness (QED) is 0.296. The molecule has 3 heterocycles. The van der Waals surface area contributed by atoms with Crippen LogP contribution in [-0.4, -0.2) is 27.9 Å². The Labute approximate surface area is 212 Å². The molecule has 0 aliphatic carbocycles. The fraction of sp³-hybridized carbons (Fsp3) is 0.200. The summed E-state index contributed by atoms with van der Waals surface area (Å²) in [5, 5.41) is 0. The van der Waals surface area contributed by atoms with Crippen LogP contribution < -0.4 is 5.73 Å². The third-order valence-electron chi connectivity index (χ3n) is 6.06. The highest BCUT2D eigenvalue weighted by Crippen LogP contribution is 2.45. The summed E-state index contributed by atoms with van der Waals surface area (Å²) in [5.41, 5.74) is 12.9. The minimum Gasteiger partial charge on any atom is -0.497 e. The number of aromatic nitrogens is 3. The number of hydrogen-bond acceptors (Lipinski definition) is 6. The van der Waals surface area contributed by atoms with Gasteiger partial charge in [-0.2, -0.15) is 0 Å². The van der Waals surface area contributed by atoms with Crippen LogP contribution in [0.5, 0.6) is 0 Å². The Bertz CT molecular complexity index is 1500. The van der Waals surface area contributed by atoms with Crippen LogP contribution in [-0.2, 0) is 10.3 Å². The zero-order valence-corrected chi connectivity index (χ0v) is 21.3. The number of hydrogen-bond donors (Lipinski definition) is 1. The van der Waals surface area contributed by atoms with Gasteiger partial charge in [-0.05, 0) is 73.7 Å². The standard InChI is InChI=1S/C30H29N5O/c1-7-9-22-15-24(18-32-17-22)23-10-8-11-25(16-23)30(21(5)14-20(4)27(36-6)19(2)3)28-26(29(31)35-30)33-12-13-34-28/h8,10-18H,5H2,1-4,6H3,(H2,31,35). The number of pyridine rings is 1. The van der Waals surface area contributed by atoms with Gasteiger partial charge in [0, 0.05) is 35.9 Å². The van der Waals surface area contributed by atoms with Crippen LogP contribution in [0.1, 0.15) is 50.2 Å². The lowest BCUT2D eigenvalue weighted by Gasteiger charge is -2.29. The van der Waals surface area contributed by atoms with Crippen LogP contribution in [0.2, 0.25) is 0 Å². The van der Waals surface area contributed by atoms with E-state index in [4.69, 9.17) is 15.5 Å². The summed E-state index contributed by atoms with van der Waals surface area (Å²) < 4.78 is 5.64. The summed E-state index contributed by atoms with van der Waals surface area (Å²) in [6.07, 6.45) is 8.84. The van der Waals surface area contributed by atoms with Gasteiger partial charge in [-0.15, -0.1) is 5.92 Å². The highest BCUT2D eigenvalue weighted by Gasteiger charge is 2.45. The van der Waals surface area contributed by atoms with Crippen LogP contribution in [0.15, 0.2) is 95.2 Å². The average Bonchev–Trinajstić information content (AvgIpc) is 3.18. The van der Waals surface area contributed by atoms with Crippen LogP contribution in [0.25, 0.3) is 11.1 Å². The van der Waals surface area contributed by atoms with E-state index in [9.17, 15) is 0 Å². The van der Waals surface area contributed by atoms with Gasteiger partial charge in [0.1, 0.15) is 23.0 Å². The van der Waals surface area contributed by atoms with Gasteiger partial charge in [-0.25, -0.2) is 9.98 Å². The van der Waals surface area contributed by atoms with Crippen molar-refractivity contribution < 1.29 is 4.74 Å². The molecule has 6 heteroatoms. The summed E-state index contributed by atoms with van der Waals surface area (Å²) in [6.45, 7) is 12.3. The number of methoxy groups -OCH3 is 1. The van der Waals surface area contributed by atoms with Crippen molar-refractivity contribution in [2.75, 3.05) is 7.11 Å². The van der Waals surface area contributed by atoms with Crippen molar-refractivity contribution >= 4 is 5.84 Å². The molecular formula is C30H29N5O. The maximum Gasteiger partial charge on any atom is 0.157 e. The predicted molar refractivity (Wildman–Crippen MR) is 144 cm³/mol. The lowest BCUT2D eigenvalue weighted by molar-refractivity contribution is 0.296. The minimum absolute atomic E-state index is 0.326. The smallest absolute Gasteiger partial charge is 0.157 e. The number of fused-ring (bicyclic) bond motifs is 1. The van der Waals surface area contributed by atoms with Crippen molar-refractivity contribution in [3.05, 3.63) is 113 Å². The minimum atomic E-state index is -1.04. The fourth-order valence-corrected chi connectivity index (χ4v) is 4.61. The monoisotopic (exact) mass is 475 g/mol. The zero-order valence-electron chi connectivity index (χ0n) is 21.3. The first-order valence-electron chi connectivity index (χ1n) is 11.6. The number of nitrogens with two attached hydrogens (primary N) is 1. The van der Waals surface area contributed by atoms with E-state index in [1.165, 1.54) is 0 Å². The molecule has 6 nitrogen and oxygen atoms in total. The molecule has 180 valence electrons. The van der Waals surface area contributed by atoms with Gasteiger partial charge in [-0.3, -0.25) is 9.97 Å². The predicted octanol–water partition coefficient (Wildman–Crippen LogP) is 5.32. The van der Waals surface area contributed by atoms with Gasteiger partial charge in [0.25, 0.3) is 0 Å². The molecule has 2 N–H and O–H groups in total. The molecule has 1 unspecified atom stereocenters. The van der Waals surface area contributed by atoms with Crippen molar-refractivity contribution in [1.82, 2.24) is 15.0 Å². The van der Waals surface area contributed by atoms with Gasteiger partial charge in [0.05, 0.1) is 7.11 Å². The normalized spacial score (nSPS) is 16.4. The van der Waals surface area contributed by atoms with E-state index in [1.807, 2.05) is 64.2 Å². The first-order chi connectivity index (χ1) is 17.3. The Morgan fingerprint density at radius 3 is 2.58 bits per heavy atom. The second-order valence-electron chi connectivity index (χ2n) is 8.76. The molecule has 0 bridgehead atoms. The van der Waals surface area contributed by atoms with Gasteiger partial charge in [-0.1, -0.05) is 30.7 Å². The third kappa shape index (κ3) is 4.32. The Morgan fingerprint density at radius 2 is 1.86 bits per heavy atom. The number of allylic oxidation sites excluding steroid dienone is 2. The highest BCUT2D eigenvalue weighted by molar-refractivity contribution is 6.01. The van der Waals surface area contributed by atoms with Gasteiger partial charge >= 0.3 is 0 Å². The largest absolute Gasteiger partial charge is 0.497 e. The van der Waals surface area contributed by atoms with Crippen LogP contribution in [0.3, 0.4) is 0 Å². The summed E-state index contributed by atoms with van der Waals surface area (Å²) in [5.74, 6) is 7.12. The number of aliphatic imine (C=N–C) groups is 1. The molecule has 1 aliphatic rings. The first kappa shape index (κ1) is 24.6. The van der Waals surface area contributed by atoms with E-state index in [0.29, 0.717) is 22.8 Å².